The van der Waals surface area contributed by atoms with Crippen LogP contribution in [0.4, 0.5) is 0 Å². The summed E-state index contributed by atoms with van der Waals surface area (Å²) in [4.78, 5) is 11.6. The molecule has 0 saturated carbocycles. The highest BCUT2D eigenvalue weighted by atomic mass is 16.1. The standard InChI is InChI=1S/C15H20N4O/c1-10-4-5-14(12(8-10)9-11(2)16)19-7-6-13(18-19)15(20)17-3/h4-8,11H,9,16H2,1-3H3,(H,17,20). The van der Waals surface area contributed by atoms with Crippen LogP contribution in [0, 0.1) is 6.92 Å². The van der Waals surface area contributed by atoms with Crippen LogP contribution in [0.2, 0.25) is 0 Å². The number of hydrogen-bond acceptors (Lipinski definition) is 3. The van der Waals surface area contributed by atoms with Crippen LogP contribution < -0.4 is 11.1 Å². The predicted molar refractivity (Wildman–Crippen MR) is 79.0 cm³/mol. The molecule has 0 aliphatic rings. The van der Waals surface area contributed by atoms with E-state index < -0.39 is 0 Å². The van der Waals surface area contributed by atoms with Crippen molar-refractivity contribution in [1.82, 2.24) is 15.1 Å². The average molecular weight is 272 g/mol. The Morgan fingerprint density at radius 2 is 2.20 bits per heavy atom. The van der Waals surface area contributed by atoms with Gasteiger partial charge in [0.25, 0.3) is 5.91 Å². The zero-order valence-corrected chi connectivity index (χ0v) is 12.1. The monoisotopic (exact) mass is 272 g/mol. The number of nitrogens with zero attached hydrogens (tertiary/aromatic N) is 2. The molecule has 0 spiro atoms. The van der Waals surface area contributed by atoms with E-state index in [9.17, 15) is 4.79 Å². The van der Waals surface area contributed by atoms with Crippen LogP contribution in [0.5, 0.6) is 0 Å². The van der Waals surface area contributed by atoms with Crippen molar-refractivity contribution in [3.05, 3.63) is 47.3 Å². The summed E-state index contributed by atoms with van der Waals surface area (Å²) >= 11 is 0. The third-order valence-corrected chi connectivity index (χ3v) is 3.07. The number of aromatic nitrogens is 2. The van der Waals surface area contributed by atoms with E-state index in [2.05, 4.69) is 16.5 Å². The van der Waals surface area contributed by atoms with E-state index in [0.717, 1.165) is 17.7 Å². The van der Waals surface area contributed by atoms with E-state index in [4.69, 9.17) is 5.73 Å². The Balaban J connectivity index is 2.41. The summed E-state index contributed by atoms with van der Waals surface area (Å²) in [6, 6.07) is 7.92. The summed E-state index contributed by atoms with van der Waals surface area (Å²) in [6.45, 7) is 4.03. The number of hydrogen-bond donors (Lipinski definition) is 2. The smallest absolute Gasteiger partial charge is 0.271 e. The van der Waals surface area contributed by atoms with Crippen molar-refractivity contribution in [2.45, 2.75) is 26.3 Å². The van der Waals surface area contributed by atoms with Crippen LogP contribution in [0.1, 0.15) is 28.5 Å². The molecule has 1 unspecified atom stereocenters. The Kier molecular flexibility index (Phi) is 4.20. The predicted octanol–water partition coefficient (Wildman–Crippen LogP) is 1.43. The van der Waals surface area contributed by atoms with Gasteiger partial charge in [0.15, 0.2) is 5.69 Å². The summed E-state index contributed by atoms with van der Waals surface area (Å²) in [5, 5.41) is 6.88. The lowest BCUT2D eigenvalue weighted by molar-refractivity contribution is 0.0957. The molecule has 0 aliphatic carbocycles. The van der Waals surface area contributed by atoms with Gasteiger partial charge in [0.2, 0.25) is 0 Å². The summed E-state index contributed by atoms with van der Waals surface area (Å²) in [5.74, 6) is -0.190. The molecule has 1 aromatic heterocycles. The second-order valence-corrected chi connectivity index (χ2v) is 5.04. The molecule has 2 rings (SSSR count). The van der Waals surface area contributed by atoms with Crippen molar-refractivity contribution in [1.29, 1.82) is 0 Å². The molecule has 1 aromatic carbocycles. The minimum Gasteiger partial charge on any atom is -0.354 e. The Hall–Kier alpha value is -2.14. The molecule has 106 valence electrons. The van der Waals surface area contributed by atoms with Crippen LogP contribution in [-0.4, -0.2) is 28.8 Å². The molecule has 0 saturated heterocycles. The van der Waals surface area contributed by atoms with Gasteiger partial charge in [-0.05, 0) is 38.0 Å². The van der Waals surface area contributed by atoms with Crippen molar-refractivity contribution >= 4 is 5.91 Å². The van der Waals surface area contributed by atoms with Gasteiger partial charge in [0, 0.05) is 19.3 Å². The van der Waals surface area contributed by atoms with Crippen LogP contribution in [0.25, 0.3) is 5.69 Å². The lowest BCUT2D eigenvalue weighted by Crippen LogP contribution is -2.20. The molecule has 0 radical (unpaired) electrons. The van der Waals surface area contributed by atoms with Crippen molar-refractivity contribution in [2.24, 2.45) is 5.73 Å². The third-order valence-electron chi connectivity index (χ3n) is 3.07. The fraction of sp³-hybridized carbons (Fsp3) is 0.333. The summed E-state index contributed by atoms with van der Waals surface area (Å²) in [5.41, 5.74) is 9.58. The Morgan fingerprint density at radius 1 is 1.45 bits per heavy atom. The van der Waals surface area contributed by atoms with Gasteiger partial charge in [-0.3, -0.25) is 4.79 Å². The highest BCUT2D eigenvalue weighted by Crippen LogP contribution is 2.18. The van der Waals surface area contributed by atoms with Crippen molar-refractivity contribution in [3.63, 3.8) is 0 Å². The van der Waals surface area contributed by atoms with Gasteiger partial charge in [-0.25, -0.2) is 4.68 Å². The van der Waals surface area contributed by atoms with Crippen molar-refractivity contribution < 1.29 is 4.79 Å². The molecule has 1 heterocycles. The van der Waals surface area contributed by atoms with E-state index in [0.29, 0.717) is 5.69 Å². The van der Waals surface area contributed by atoms with Gasteiger partial charge >= 0.3 is 0 Å². The molecule has 0 bridgehead atoms. The normalized spacial score (nSPS) is 12.2. The second kappa shape index (κ2) is 5.88. The molecule has 5 nitrogen and oxygen atoms in total. The van der Waals surface area contributed by atoms with Gasteiger partial charge in [-0.15, -0.1) is 0 Å². The van der Waals surface area contributed by atoms with Gasteiger partial charge in [0.05, 0.1) is 5.69 Å². The first-order chi connectivity index (χ1) is 9.51. The summed E-state index contributed by atoms with van der Waals surface area (Å²) < 4.78 is 1.72. The zero-order chi connectivity index (χ0) is 14.7. The number of rotatable bonds is 4. The first-order valence-electron chi connectivity index (χ1n) is 6.64. The number of carbonyl (C=O) groups is 1. The molecule has 5 heteroatoms. The number of carbonyl (C=O) groups excluding carboxylic acids is 1. The minimum absolute atomic E-state index is 0.0736. The molecular formula is C15H20N4O. The van der Waals surface area contributed by atoms with Crippen LogP contribution in [0.15, 0.2) is 30.5 Å². The van der Waals surface area contributed by atoms with E-state index in [-0.39, 0.29) is 11.9 Å². The Bertz CT molecular complexity index is 616. The minimum atomic E-state index is -0.190. The van der Waals surface area contributed by atoms with E-state index in [1.54, 1.807) is 24.0 Å². The Morgan fingerprint density at radius 3 is 2.85 bits per heavy atom. The summed E-state index contributed by atoms with van der Waals surface area (Å²) in [6.07, 6.45) is 2.56. The third kappa shape index (κ3) is 3.05. The fourth-order valence-electron chi connectivity index (χ4n) is 2.16. The molecule has 0 fully saturated rings. The molecule has 0 aliphatic heterocycles. The van der Waals surface area contributed by atoms with E-state index in [1.165, 1.54) is 5.56 Å². The topological polar surface area (TPSA) is 72.9 Å². The van der Waals surface area contributed by atoms with Crippen LogP contribution in [-0.2, 0) is 6.42 Å². The number of benzene rings is 1. The molecular weight excluding hydrogens is 252 g/mol. The maximum absolute atomic E-state index is 11.6. The largest absolute Gasteiger partial charge is 0.354 e. The first-order valence-corrected chi connectivity index (χ1v) is 6.64. The molecule has 2 aromatic rings. The number of aryl methyl sites for hydroxylation is 1. The zero-order valence-electron chi connectivity index (χ0n) is 12.1. The van der Waals surface area contributed by atoms with E-state index in [1.807, 2.05) is 26.0 Å². The lowest BCUT2D eigenvalue weighted by atomic mass is 10.0. The highest BCUT2D eigenvalue weighted by Gasteiger charge is 2.11. The molecule has 20 heavy (non-hydrogen) atoms. The average Bonchev–Trinajstić information content (AvgIpc) is 2.86. The van der Waals surface area contributed by atoms with Gasteiger partial charge < -0.3 is 11.1 Å². The van der Waals surface area contributed by atoms with Crippen LogP contribution >= 0.6 is 0 Å². The SMILES string of the molecule is CNC(=O)c1ccn(-c2ccc(C)cc2CC(C)N)n1. The number of nitrogens with two attached hydrogens (primary N) is 1. The molecule has 1 amide bonds. The van der Waals surface area contributed by atoms with Gasteiger partial charge in [0.1, 0.15) is 0 Å². The van der Waals surface area contributed by atoms with Gasteiger partial charge in [-0.1, -0.05) is 17.7 Å². The maximum atomic E-state index is 11.6. The lowest BCUT2D eigenvalue weighted by Gasteiger charge is -2.12. The number of nitrogens with one attached hydrogen (secondary N) is 1. The van der Waals surface area contributed by atoms with Crippen molar-refractivity contribution in [3.8, 4) is 5.69 Å². The second-order valence-electron chi connectivity index (χ2n) is 5.04. The van der Waals surface area contributed by atoms with E-state index >= 15 is 0 Å². The van der Waals surface area contributed by atoms with Crippen molar-refractivity contribution in [2.75, 3.05) is 7.05 Å². The molecule has 3 N–H and O–H groups in total. The first kappa shape index (κ1) is 14.3. The maximum Gasteiger partial charge on any atom is 0.271 e. The summed E-state index contributed by atoms with van der Waals surface area (Å²) in [7, 11) is 1.59. The highest BCUT2D eigenvalue weighted by molar-refractivity contribution is 5.91. The molecule has 1 atom stereocenters. The quantitative estimate of drug-likeness (QED) is 0.884. The van der Waals surface area contributed by atoms with Crippen LogP contribution in [0.3, 0.4) is 0 Å². The van der Waals surface area contributed by atoms with Gasteiger partial charge in [-0.2, -0.15) is 5.10 Å². The number of amides is 1. The fourth-order valence-corrected chi connectivity index (χ4v) is 2.16. The Labute approximate surface area is 118 Å².